The van der Waals surface area contributed by atoms with Crippen LogP contribution in [0.2, 0.25) is 0 Å². The van der Waals surface area contributed by atoms with Gasteiger partial charge in [-0.25, -0.2) is 0 Å². The minimum Gasteiger partial charge on any atom is -0.293 e. The number of carbonyl (C=O) groups is 1. The zero-order valence-corrected chi connectivity index (χ0v) is 10.2. The van der Waals surface area contributed by atoms with E-state index in [2.05, 4.69) is 22.9 Å². The number of halogens is 1. The lowest BCUT2D eigenvalue weighted by Gasteiger charge is -2.05. The van der Waals surface area contributed by atoms with Gasteiger partial charge in [-0.3, -0.25) is 4.79 Å². The van der Waals surface area contributed by atoms with Gasteiger partial charge in [0.1, 0.15) is 0 Å². The van der Waals surface area contributed by atoms with Gasteiger partial charge < -0.3 is 0 Å². The average molecular weight is 261 g/mol. The summed E-state index contributed by atoms with van der Waals surface area (Å²) in [6.45, 7) is 4.10. The van der Waals surface area contributed by atoms with E-state index in [1.54, 1.807) is 0 Å². The van der Waals surface area contributed by atoms with Crippen LogP contribution in [0.1, 0.15) is 36.4 Å². The fraction of sp³-hybridized carbons (Fsp3) is 0.500. The second kappa shape index (κ2) is 4.91. The third-order valence-electron chi connectivity index (χ3n) is 1.98. The summed E-state index contributed by atoms with van der Waals surface area (Å²) in [4.78, 5) is 12.6. The monoisotopic (exact) mass is 260 g/mol. The maximum atomic E-state index is 11.7. The van der Waals surface area contributed by atoms with Gasteiger partial charge in [-0.1, -0.05) is 20.3 Å². The molecule has 1 nitrogen and oxygen atoms in total. The summed E-state index contributed by atoms with van der Waals surface area (Å²) < 4.78 is 1.00. The van der Waals surface area contributed by atoms with E-state index in [0.717, 1.165) is 22.2 Å². The van der Waals surface area contributed by atoms with Gasteiger partial charge in [0.2, 0.25) is 0 Å². The first-order chi connectivity index (χ1) is 6.15. The minimum atomic E-state index is 0.163. The van der Waals surface area contributed by atoms with E-state index in [4.69, 9.17) is 0 Å². The van der Waals surface area contributed by atoms with Crippen molar-refractivity contribution < 1.29 is 4.79 Å². The van der Waals surface area contributed by atoms with E-state index in [-0.39, 0.29) is 11.7 Å². The van der Waals surface area contributed by atoms with Crippen LogP contribution in [0.25, 0.3) is 0 Å². The van der Waals surface area contributed by atoms with Crippen molar-refractivity contribution >= 4 is 33.0 Å². The number of thiophene rings is 1. The second-order valence-electron chi connectivity index (χ2n) is 3.18. The Labute approximate surface area is 91.3 Å². The first-order valence-corrected chi connectivity index (χ1v) is 6.10. The number of ketones is 1. The Morgan fingerprint density at radius 2 is 2.38 bits per heavy atom. The Bertz CT molecular complexity index is 293. The van der Waals surface area contributed by atoms with E-state index in [1.165, 1.54) is 11.3 Å². The van der Waals surface area contributed by atoms with Crippen LogP contribution in [0, 0.1) is 5.92 Å². The predicted octanol–water partition coefficient (Wildman–Crippen LogP) is 4.13. The fourth-order valence-electron chi connectivity index (χ4n) is 1.25. The van der Waals surface area contributed by atoms with Crippen molar-refractivity contribution in [2.75, 3.05) is 0 Å². The van der Waals surface area contributed by atoms with E-state index in [1.807, 2.05) is 18.4 Å². The topological polar surface area (TPSA) is 17.1 Å². The van der Waals surface area contributed by atoms with Gasteiger partial charge in [-0.05, 0) is 28.4 Å². The van der Waals surface area contributed by atoms with E-state index >= 15 is 0 Å². The molecule has 0 aliphatic carbocycles. The van der Waals surface area contributed by atoms with Gasteiger partial charge in [0.05, 0.1) is 4.88 Å². The van der Waals surface area contributed by atoms with Crippen LogP contribution in [0.3, 0.4) is 0 Å². The van der Waals surface area contributed by atoms with Crippen molar-refractivity contribution in [1.29, 1.82) is 0 Å². The van der Waals surface area contributed by atoms with Gasteiger partial charge in [-0.2, -0.15) is 0 Å². The lowest BCUT2D eigenvalue weighted by atomic mass is 10.0. The number of hydrogen-bond donors (Lipinski definition) is 0. The molecule has 0 aliphatic rings. The van der Waals surface area contributed by atoms with E-state index < -0.39 is 0 Å². The molecular formula is C10H13BrOS. The van der Waals surface area contributed by atoms with Crippen molar-refractivity contribution in [2.45, 2.75) is 26.7 Å². The van der Waals surface area contributed by atoms with Crippen LogP contribution in [0.15, 0.2) is 15.9 Å². The first kappa shape index (κ1) is 10.9. The third kappa shape index (κ3) is 2.92. The summed E-state index contributed by atoms with van der Waals surface area (Å²) in [6.07, 6.45) is 2.05. The van der Waals surface area contributed by atoms with Crippen molar-refractivity contribution in [3.8, 4) is 0 Å². The van der Waals surface area contributed by atoms with Crippen LogP contribution < -0.4 is 0 Å². The first-order valence-electron chi connectivity index (χ1n) is 4.43. The summed E-state index contributed by atoms with van der Waals surface area (Å²) in [5, 5.41) is 1.95. The molecule has 0 radical (unpaired) electrons. The Hall–Kier alpha value is -0.150. The normalized spacial score (nSPS) is 12.8. The van der Waals surface area contributed by atoms with Crippen LogP contribution in [0.4, 0.5) is 0 Å². The number of hydrogen-bond acceptors (Lipinski definition) is 2. The molecule has 0 fully saturated rings. The van der Waals surface area contributed by atoms with E-state index in [0.29, 0.717) is 0 Å². The molecule has 0 bridgehead atoms. The standard InChI is InChI=1S/C10H13BrOS/c1-3-4-7(2)10(12)9-5-8(11)6-13-9/h5-7H,3-4H2,1-2H3. The number of carbonyl (C=O) groups excluding carboxylic acids is 1. The van der Waals surface area contributed by atoms with E-state index in [9.17, 15) is 4.79 Å². The van der Waals surface area contributed by atoms with Crippen molar-refractivity contribution in [2.24, 2.45) is 5.92 Å². The molecule has 1 aromatic heterocycles. The second-order valence-corrected chi connectivity index (χ2v) is 5.01. The summed E-state index contributed by atoms with van der Waals surface area (Å²) >= 11 is 4.86. The van der Waals surface area contributed by atoms with Gasteiger partial charge in [0, 0.05) is 15.8 Å². The van der Waals surface area contributed by atoms with Crippen LogP contribution in [-0.4, -0.2) is 5.78 Å². The lowest BCUT2D eigenvalue weighted by Crippen LogP contribution is -2.08. The highest BCUT2D eigenvalue weighted by atomic mass is 79.9. The van der Waals surface area contributed by atoms with Crippen molar-refractivity contribution in [1.82, 2.24) is 0 Å². The van der Waals surface area contributed by atoms with Crippen molar-refractivity contribution in [3.63, 3.8) is 0 Å². The Morgan fingerprint density at radius 3 is 2.85 bits per heavy atom. The molecule has 1 unspecified atom stereocenters. The molecule has 0 saturated heterocycles. The quantitative estimate of drug-likeness (QED) is 0.745. The molecule has 1 aromatic rings. The van der Waals surface area contributed by atoms with Gasteiger partial charge >= 0.3 is 0 Å². The summed E-state index contributed by atoms with van der Waals surface area (Å²) in [7, 11) is 0. The Kier molecular flexibility index (Phi) is 4.13. The average Bonchev–Trinajstić information content (AvgIpc) is 2.51. The Morgan fingerprint density at radius 1 is 1.69 bits per heavy atom. The van der Waals surface area contributed by atoms with Gasteiger partial charge in [-0.15, -0.1) is 11.3 Å². The summed E-state index contributed by atoms with van der Waals surface area (Å²) in [5.74, 6) is 0.438. The largest absolute Gasteiger partial charge is 0.293 e. The molecule has 0 saturated carbocycles. The number of Topliss-reactive ketones (excluding diaryl/α,β-unsaturated/α-hetero) is 1. The molecule has 72 valence electrons. The van der Waals surface area contributed by atoms with Crippen LogP contribution in [0.5, 0.6) is 0 Å². The zero-order chi connectivity index (χ0) is 9.84. The molecule has 0 aromatic carbocycles. The minimum absolute atomic E-state index is 0.163. The summed E-state index contributed by atoms with van der Waals surface area (Å²) in [6, 6.07) is 1.90. The molecule has 0 amide bonds. The van der Waals surface area contributed by atoms with Crippen LogP contribution >= 0.6 is 27.3 Å². The summed E-state index contributed by atoms with van der Waals surface area (Å²) in [5.41, 5.74) is 0. The van der Waals surface area contributed by atoms with Gasteiger partial charge in [0.25, 0.3) is 0 Å². The molecular weight excluding hydrogens is 248 g/mol. The smallest absolute Gasteiger partial charge is 0.175 e. The highest BCUT2D eigenvalue weighted by Crippen LogP contribution is 2.23. The van der Waals surface area contributed by atoms with Gasteiger partial charge in [0.15, 0.2) is 5.78 Å². The van der Waals surface area contributed by atoms with Crippen molar-refractivity contribution in [3.05, 3.63) is 20.8 Å². The highest BCUT2D eigenvalue weighted by Gasteiger charge is 2.15. The molecule has 13 heavy (non-hydrogen) atoms. The Balaban J connectivity index is 2.67. The lowest BCUT2D eigenvalue weighted by molar-refractivity contribution is 0.0927. The van der Waals surface area contributed by atoms with Crippen LogP contribution in [-0.2, 0) is 0 Å². The number of rotatable bonds is 4. The zero-order valence-electron chi connectivity index (χ0n) is 7.84. The third-order valence-corrected chi connectivity index (χ3v) is 3.69. The molecule has 1 atom stereocenters. The fourth-order valence-corrected chi connectivity index (χ4v) is 2.73. The molecule has 0 spiro atoms. The molecule has 1 heterocycles. The highest BCUT2D eigenvalue weighted by molar-refractivity contribution is 9.10. The molecule has 0 aliphatic heterocycles. The molecule has 0 N–H and O–H groups in total. The maximum Gasteiger partial charge on any atom is 0.175 e. The SMILES string of the molecule is CCCC(C)C(=O)c1cc(Br)cs1. The molecule has 3 heteroatoms. The maximum absolute atomic E-state index is 11.7. The predicted molar refractivity (Wildman–Crippen MR) is 60.4 cm³/mol. The molecule has 1 rings (SSSR count).